The molecule has 5 nitrogen and oxygen atoms in total. The lowest BCUT2D eigenvalue weighted by atomic mass is 10.1. The summed E-state index contributed by atoms with van der Waals surface area (Å²) in [4.78, 5) is 2.10. The van der Waals surface area contributed by atoms with Crippen LogP contribution < -0.4 is 5.73 Å². The van der Waals surface area contributed by atoms with Crippen molar-refractivity contribution in [3.05, 3.63) is 0 Å². The molecule has 2 aliphatic rings. The second-order valence-corrected chi connectivity index (χ2v) is 7.06. The molecule has 2 rings (SSSR count). The predicted molar refractivity (Wildman–Crippen MR) is 62.0 cm³/mol. The number of nitrogens with zero attached hydrogens (tertiary/aromatic N) is 1. The molecular weight excluding hydrogens is 228 g/mol. The predicted octanol–water partition coefficient (Wildman–Crippen LogP) is -0.780. The van der Waals surface area contributed by atoms with Crippen LogP contribution in [0.3, 0.4) is 0 Å². The molecular formula is C10H20N2O3S. The molecule has 94 valence electrons. The van der Waals surface area contributed by atoms with Crippen LogP contribution >= 0.6 is 0 Å². The normalized spacial score (nSPS) is 43.0. The molecule has 4 atom stereocenters. The first kappa shape index (κ1) is 12.3. The molecule has 0 spiro atoms. The van der Waals surface area contributed by atoms with Gasteiger partial charge in [0.05, 0.1) is 17.6 Å². The first-order chi connectivity index (χ1) is 7.41. The Morgan fingerprint density at radius 2 is 2.00 bits per heavy atom. The van der Waals surface area contributed by atoms with E-state index in [1.165, 1.54) is 0 Å². The van der Waals surface area contributed by atoms with Gasteiger partial charge in [0.1, 0.15) is 0 Å². The Balaban J connectivity index is 2.07. The summed E-state index contributed by atoms with van der Waals surface area (Å²) in [7, 11) is -0.985. The molecule has 0 bridgehead atoms. The third-order valence-electron chi connectivity index (χ3n) is 3.75. The van der Waals surface area contributed by atoms with E-state index >= 15 is 0 Å². The molecule has 2 saturated heterocycles. The lowest BCUT2D eigenvalue weighted by molar-refractivity contribution is 0.0689. The molecule has 0 radical (unpaired) electrons. The number of rotatable bonds is 2. The number of hydrogen-bond acceptors (Lipinski definition) is 5. The monoisotopic (exact) mass is 248 g/mol. The summed E-state index contributed by atoms with van der Waals surface area (Å²) < 4.78 is 28.5. The SMILES string of the molecule is CC1OCCC1N(C)C1CS(=O)(=O)CC1N. The molecule has 0 aromatic heterocycles. The largest absolute Gasteiger partial charge is 0.377 e. The third-order valence-corrected chi connectivity index (χ3v) is 5.49. The van der Waals surface area contributed by atoms with Crippen LogP contribution in [0.15, 0.2) is 0 Å². The van der Waals surface area contributed by atoms with Crippen LogP contribution in [0.2, 0.25) is 0 Å². The van der Waals surface area contributed by atoms with Crippen LogP contribution in [-0.4, -0.2) is 62.7 Å². The zero-order valence-corrected chi connectivity index (χ0v) is 10.6. The van der Waals surface area contributed by atoms with Crippen molar-refractivity contribution in [3.8, 4) is 0 Å². The second-order valence-electron chi connectivity index (χ2n) is 4.91. The van der Waals surface area contributed by atoms with Crippen LogP contribution in [0.25, 0.3) is 0 Å². The summed E-state index contributed by atoms with van der Waals surface area (Å²) in [5.41, 5.74) is 5.91. The smallest absolute Gasteiger partial charge is 0.153 e. The third kappa shape index (κ3) is 2.25. The van der Waals surface area contributed by atoms with Crippen molar-refractivity contribution in [2.24, 2.45) is 5.73 Å². The van der Waals surface area contributed by atoms with Crippen molar-refractivity contribution in [2.45, 2.75) is 37.6 Å². The van der Waals surface area contributed by atoms with Gasteiger partial charge in [0.25, 0.3) is 0 Å². The molecule has 6 heteroatoms. The molecule has 0 amide bonds. The molecule has 0 aliphatic carbocycles. The summed E-state index contributed by atoms with van der Waals surface area (Å²) in [5.74, 6) is 0.303. The van der Waals surface area contributed by atoms with E-state index in [1.807, 2.05) is 14.0 Å². The van der Waals surface area contributed by atoms with Crippen molar-refractivity contribution < 1.29 is 13.2 Å². The summed E-state index contributed by atoms with van der Waals surface area (Å²) in [6.07, 6.45) is 1.13. The standard InChI is InChI=1S/C10H20N2O3S/c1-7-9(3-4-15-7)12(2)10-6-16(13,14)5-8(10)11/h7-10H,3-6,11H2,1-2H3. The van der Waals surface area contributed by atoms with Crippen molar-refractivity contribution in [1.82, 2.24) is 4.90 Å². The van der Waals surface area contributed by atoms with Crippen molar-refractivity contribution in [1.29, 1.82) is 0 Å². The fourth-order valence-electron chi connectivity index (χ4n) is 2.78. The van der Waals surface area contributed by atoms with E-state index in [4.69, 9.17) is 10.5 Å². The number of sulfone groups is 1. The van der Waals surface area contributed by atoms with Gasteiger partial charge in [-0.2, -0.15) is 0 Å². The second kappa shape index (κ2) is 4.25. The highest BCUT2D eigenvalue weighted by Gasteiger charge is 2.41. The van der Waals surface area contributed by atoms with Crippen LogP contribution in [0, 0.1) is 0 Å². The van der Waals surface area contributed by atoms with Crippen LogP contribution in [0.1, 0.15) is 13.3 Å². The zero-order valence-electron chi connectivity index (χ0n) is 9.80. The van der Waals surface area contributed by atoms with Gasteiger partial charge in [-0.15, -0.1) is 0 Å². The molecule has 2 fully saturated rings. The molecule has 2 N–H and O–H groups in total. The molecule has 2 heterocycles. The van der Waals surface area contributed by atoms with Crippen LogP contribution in [-0.2, 0) is 14.6 Å². The average Bonchev–Trinajstić information content (AvgIpc) is 2.69. The molecule has 4 unspecified atom stereocenters. The number of ether oxygens (including phenoxy) is 1. The Hall–Kier alpha value is -0.170. The average molecular weight is 248 g/mol. The molecule has 16 heavy (non-hydrogen) atoms. The van der Waals surface area contributed by atoms with Gasteiger partial charge in [0.2, 0.25) is 0 Å². The number of hydrogen-bond donors (Lipinski definition) is 1. The van der Waals surface area contributed by atoms with E-state index < -0.39 is 9.84 Å². The molecule has 2 aliphatic heterocycles. The van der Waals surface area contributed by atoms with E-state index in [1.54, 1.807) is 0 Å². The van der Waals surface area contributed by atoms with Crippen molar-refractivity contribution in [2.75, 3.05) is 25.2 Å². The Kier molecular flexibility index (Phi) is 3.27. The zero-order chi connectivity index (χ0) is 11.9. The van der Waals surface area contributed by atoms with Crippen LogP contribution in [0.5, 0.6) is 0 Å². The number of nitrogens with two attached hydrogens (primary N) is 1. The Bertz CT molecular complexity index is 357. The Morgan fingerprint density at radius 1 is 1.31 bits per heavy atom. The van der Waals surface area contributed by atoms with Crippen LogP contribution in [0.4, 0.5) is 0 Å². The highest BCUT2D eigenvalue weighted by molar-refractivity contribution is 7.91. The maximum atomic E-state index is 11.5. The quantitative estimate of drug-likeness (QED) is 0.694. The first-order valence-corrected chi connectivity index (χ1v) is 7.52. The fourth-order valence-corrected chi connectivity index (χ4v) is 4.72. The summed E-state index contributed by atoms with van der Waals surface area (Å²) in [6.45, 7) is 2.79. The minimum Gasteiger partial charge on any atom is -0.377 e. The van der Waals surface area contributed by atoms with E-state index in [0.717, 1.165) is 13.0 Å². The fraction of sp³-hybridized carbons (Fsp3) is 1.00. The highest BCUT2D eigenvalue weighted by atomic mass is 32.2. The van der Waals surface area contributed by atoms with Gasteiger partial charge in [-0.25, -0.2) is 8.42 Å². The topological polar surface area (TPSA) is 72.6 Å². The van der Waals surface area contributed by atoms with Crippen molar-refractivity contribution in [3.63, 3.8) is 0 Å². The van der Waals surface area contributed by atoms with Gasteiger partial charge < -0.3 is 10.5 Å². The van der Waals surface area contributed by atoms with Gasteiger partial charge in [-0.3, -0.25) is 4.90 Å². The lowest BCUT2D eigenvalue weighted by Crippen LogP contribution is -2.51. The van der Waals surface area contributed by atoms with Gasteiger partial charge in [-0.1, -0.05) is 0 Å². The number of likely N-dealkylation sites (N-methyl/N-ethyl adjacent to an activating group) is 1. The molecule has 0 aromatic rings. The maximum Gasteiger partial charge on any atom is 0.153 e. The Labute approximate surface area is 96.9 Å². The summed E-state index contributed by atoms with van der Waals surface area (Å²) >= 11 is 0. The molecule has 0 saturated carbocycles. The minimum atomic E-state index is -2.94. The van der Waals surface area contributed by atoms with Gasteiger partial charge in [0.15, 0.2) is 9.84 Å². The van der Waals surface area contributed by atoms with E-state index in [0.29, 0.717) is 6.04 Å². The van der Waals surface area contributed by atoms with Gasteiger partial charge in [-0.05, 0) is 20.4 Å². The minimum absolute atomic E-state index is 0.0563. The van der Waals surface area contributed by atoms with Crippen molar-refractivity contribution >= 4 is 9.84 Å². The van der Waals surface area contributed by atoms with E-state index in [-0.39, 0.29) is 29.7 Å². The maximum absolute atomic E-state index is 11.5. The highest BCUT2D eigenvalue weighted by Crippen LogP contribution is 2.24. The van der Waals surface area contributed by atoms with E-state index in [2.05, 4.69) is 4.90 Å². The van der Waals surface area contributed by atoms with Gasteiger partial charge in [0, 0.05) is 24.7 Å². The van der Waals surface area contributed by atoms with Gasteiger partial charge >= 0.3 is 0 Å². The molecule has 0 aromatic carbocycles. The Morgan fingerprint density at radius 3 is 2.44 bits per heavy atom. The summed E-state index contributed by atoms with van der Waals surface area (Å²) in [6, 6.07) is -0.0219. The summed E-state index contributed by atoms with van der Waals surface area (Å²) in [5, 5.41) is 0. The van der Waals surface area contributed by atoms with E-state index in [9.17, 15) is 8.42 Å². The lowest BCUT2D eigenvalue weighted by Gasteiger charge is -2.33. The first-order valence-electron chi connectivity index (χ1n) is 5.70.